The number of hydrogen-bond acceptors (Lipinski definition) is 8. The normalized spacial score (nSPS) is 22.4. The van der Waals surface area contributed by atoms with Gasteiger partial charge >= 0.3 is 12.2 Å². The third-order valence-corrected chi connectivity index (χ3v) is 14.2. The van der Waals surface area contributed by atoms with Crippen molar-refractivity contribution < 1.29 is 28.7 Å². The van der Waals surface area contributed by atoms with E-state index in [1.165, 1.54) is 51.0 Å². The van der Waals surface area contributed by atoms with Crippen LogP contribution in [0.2, 0.25) is 0 Å². The van der Waals surface area contributed by atoms with Gasteiger partial charge in [0.1, 0.15) is 23.7 Å². The zero-order valence-corrected chi connectivity index (χ0v) is 38.0. The standard InChI is InChI=1S/C49H64N8O6/c1-27(2)41(54-47(60)62-7)45(58)56-25-29(5)19-39(56)43-50-23-37(52-43)32-13-11-31(12-14-32)33-21-35(34-15-18-49(36(34)22-33)16-9-10-17-49)38-24-51-44(53-38)40-20-30(6)26-57(40)46(59)42(28(3)4)55-48(61)63-8/h11-14,21-24,27-30,39-42H,9-10,15-20,25-26H2,1-8H3,(H,50,52)(H,51,53)(H,54,60)(H,55,61). The van der Waals surface area contributed by atoms with Gasteiger partial charge in [-0.2, -0.15) is 0 Å². The van der Waals surface area contributed by atoms with E-state index < -0.39 is 24.3 Å². The Kier molecular flexibility index (Phi) is 12.5. The van der Waals surface area contributed by atoms with Crippen LogP contribution in [0.3, 0.4) is 0 Å². The van der Waals surface area contributed by atoms with Crippen molar-refractivity contribution in [2.24, 2.45) is 23.7 Å². The number of hydrogen-bond donors (Lipinski definition) is 4. The predicted molar refractivity (Wildman–Crippen MR) is 240 cm³/mol. The van der Waals surface area contributed by atoms with Crippen LogP contribution in [-0.2, 0) is 30.9 Å². The summed E-state index contributed by atoms with van der Waals surface area (Å²) in [6.07, 6.45) is 11.1. The summed E-state index contributed by atoms with van der Waals surface area (Å²) in [5, 5.41) is 5.50. The van der Waals surface area contributed by atoms with Gasteiger partial charge in [0.25, 0.3) is 0 Å². The van der Waals surface area contributed by atoms with Gasteiger partial charge in [-0.15, -0.1) is 0 Å². The number of ether oxygens (including phenoxy) is 2. The number of imidazole rings is 2. The molecule has 4 aromatic rings. The Bertz CT molecular complexity index is 2330. The number of alkyl carbamates (subject to hydrolysis) is 2. The minimum Gasteiger partial charge on any atom is -0.453 e. The van der Waals surface area contributed by atoms with Crippen LogP contribution >= 0.6 is 0 Å². The molecule has 8 rings (SSSR count). The van der Waals surface area contributed by atoms with E-state index in [0.29, 0.717) is 13.1 Å². The number of nitrogens with zero attached hydrogens (tertiary/aromatic N) is 4. The van der Waals surface area contributed by atoms with E-state index in [9.17, 15) is 19.2 Å². The minimum absolute atomic E-state index is 0.118. The number of H-pyrrole nitrogens is 2. The molecule has 3 fully saturated rings. The third kappa shape index (κ3) is 8.57. The number of amides is 4. The fourth-order valence-corrected chi connectivity index (χ4v) is 10.9. The third-order valence-electron chi connectivity index (χ3n) is 14.2. The van der Waals surface area contributed by atoms with E-state index >= 15 is 0 Å². The monoisotopic (exact) mass is 860 g/mol. The fraction of sp³-hybridized carbons (Fsp3) is 0.551. The molecule has 0 bridgehead atoms. The molecule has 2 aliphatic heterocycles. The molecule has 4 heterocycles. The lowest BCUT2D eigenvalue weighted by Crippen LogP contribution is -2.51. The lowest BCUT2D eigenvalue weighted by Gasteiger charge is -2.30. The Morgan fingerprint density at radius 3 is 1.70 bits per heavy atom. The van der Waals surface area contributed by atoms with Gasteiger partial charge in [0.15, 0.2) is 0 Å². The molecule has 1 saturated carbocycles. The molecule has 2 saturated heterocycles. The van der Waals surface area contributed by atoms with Crippen molar-refractivity contribution in [1.29, 1.82) is 0 Å². The molecule has 4 N–H and O–H groups in total. The minimum atomic E-state index is -0.707. The molecule has 0 radical (unpaired) electrons. The molecule has 2 aromatic heterocycles. The largest absolute Gasteiger partial charge is 0.453 e. The molecule has 2 aromatic carbocycles. The number of carbonyl (C=O) groups excluding carboxylic acids is 4. The van der Waals surface area contributed by atoms with E-state index in [2.05, 4.69) is 70.8 Å². The second-order valence-corrected chi connectivity index (χ2v) is 19.4. The lowest BCUT2D eigenvalue weighted by atomic mass is 9.79. The molecule has 336 valence electrons. The zero-order chi connectivity index (χ0) is 44.7. The number of aromatic nitrogens is 4. The maximum Gasteiger partial charge on any atom is 0.407 e. The fourth-order valence-electron chi connectivity index (χ4n) is 10.9. The summed E-state index contributed by atoms with van der Waals surface area (Å²) < 4.78 is 9.67. The molecule has 1 spiro atoms. The van der Waals surface area contributed by atoms with Gasteiger partial charge in [-0.25, -0.2) is 19.6 Å². The number of aromatic amines is 2. The molecule has 63 heavy (non-hydrogen) atoms. The molecular weight excluding hydrogens is 797 g/mol. The Labute approximate surface area is 370 Å². The van der Waals surface area contributed by atoms with Crippen LogP contribution in [0.5, 0.6) is 0 Å². The van der Waals surface area contributed by atoms with Crippen LogP contribution in [0.25, 0.3) is 33.6 Å². The molecule has 4 amide bonds. The average Bonchev–Trinajstić information content (AvgIpc) is 4.14. The number of fused-ring (bicyclic) bond motifs is 2. The van der Waals surface area contributed by atoms with Crippen LogP contribution in [0, 0.1) is 23.7 Å². The first-order valence-corrected chi connectivity index (χ1v) is 22.9. The van der Waals surface area contributed by atoms with Crippen molar-refractivity contribution in [2.45, 2.75) is 122 Å². The number of rotatable bonds is 11. The van der Waals surface area contributed by atoms with E-state index in [4.69, 9.17) is 19.4 Å². The maximum atomic E-state index is 14.0. The van der Waals surface area contributed by atoms with Gasteiger partial charge < -0.3 is 39.9 Å². The van der Waals surface area contributed by atoms with E-state index in [-0.39, 0.29) is 53.0 Å². The van der Waals surface area contributed by atoms with Crippen molar-refractivity contribution in [1.82, 2.24) is 40.4 Å². The van der Waals surface area contributed by atoms with E-state index in [0.717, 1.165) is 71.0 Å². The lowest BCUT2D eigenvalue weighted by molar-refractivity contribution is -0.136. The highest BCUT2D eigenvalue weighted by molar-refractivity contribution is 5.87. The number of benzene rings is 2. The van der Waals surface area contributed by atoms with Crippen molar-refractivity contribution >= 4 is 24.0 Å². The van der Waals surface area contributed by atoms with Gasteiger partial charge in [0, 0.05) is 18.7 Å². The second kappa shape index (κ2) is 17.8. The van der Waals surface area contributed by atoms with Crippen molar-refractivity contribution in [2.75, 3.05) is 27.3 Å². The number of nitrogens with one attached hydrogen (secondary N) is 4. The van der Waals surface area contributed by atoms with Crippen LogP contribution in [0.4, 0.5) is 9.59 Å². The Morgan fingerprint density at radius 1 is 0.698 bits per heavy atom. The number of methoxy groups -OCH3 is 2. The van der Waals surface area contributed by atoms with Crippen molar-refractivity contribution in [3.8, 4) is 33.6 Å². The molecule has 14 heteroatoms. The van der Waals surface area contributed by atoms with E-state index in [1.807, 2.05) is 49.9 Å². The van der Waals surface area contributed by atoms with Gasteiger partial charge in [-0.3, -0.25) is 9.59 Å². The molecule has 6 atom stereocenters. The number of likely N-dealkylation sites (tertiary alicyclic amines) is 2. The summed E-state index contributed by atoms with van der Waals surface area (Å²) in [4.78, 5) is 72.9. The maximum absolute atomic E-state index is 14.0. The van der Waals surface area contributed by atoms with Gasteiger partial charge in [-0.1, -0.05) is 84.7 Å². The molecule has 14 nitrogen and oxygen atoms in total. The first-order chi connectivity index (χ1) is 30.2. The summed E-state index contributed by atoms with van der Waals surface area (Å²) in [5.74, 6) is 1.54. The van der Waals surface area contributed by atoms with Crippen LogP contribution in [0.15, 0.2) is 48.8 Å². The Hall–Kier alpha value is -5.66. The first kappa shape index (κ1) is 44.0. The molecular formula is C49H64N8O6. The Morgan fingerprint density at radius 2 is 1.19 bits per heavy atom. The van der Waals surface area contributed by atoms with Gasteiger partial charge in [0.2, 0.25) is 11.8 Å². The quantitative estimate of drug-likeness (QED) is 0.116. The summed E-state index contributed by atoms with van der Waals surface area (Å²) in [6.45, 7) is 13.1. The van der Waals surface area contributed by atoms with E-state index in [1.54, 1.807) is 0 Å². The summed E-state index contributed by atoms with van der Waals surface area (Å²) in [7, 11) is 2.61. The summed E-state index contributed by atoms with van der Waals surface area (Å²) >= 11 is 0. The van der Waals surface area contributed by atoms with Gasteiger partial charge in [0.05, 0.1) is 50.1 Å². The molecule has 6 unspecified atom stereocenters. The van der Waals surface area contributed by atoms with Crippen molar-refractivity contribution in [3.05, 3.63) is 71.6 Å². The van der Waals surface area contributed by atoms with Crippen LogP contribution < -0.4 is 10.6 Å². The van der Waals surface area contributed by atoms with Crippen molar-refractivity contribution in [3.63, 3.8) is 0 Å². The summed E-state index contributed by atoms with van der Waals surface area (Å²) in [6, 6.07) is 11.4. The Balaban J connectivity index is 1.07. The SMILES string of the molecule is COC(=O)NC(C(=O)N1CC(C)CC1c1ncc(-c2ccc(-c3cc(-c4cnc(C5CC(C)CN5C(=O)C(NC(=O)OC)C(C)C)[nH]4)c4c(c3)C3(CCCC3)CC4)cc2)[nH]1)C(C)C. The smallest absolute Gasteiger partial charge is 0.407 e. The summed E-state index contributed by atoms with van der Waals surface area (Å²) in [5.41, 5.74) is 9.28. The zero-order valence-electron chi connectivity index (χ0n) is 38.0. The number of carbonyl (C=O) groups is 4. The van der Waals surface area contributed by atoms with Crippen LogP contribution in [0.1, 0.15) is 121 Å². The predicted octanol–water partition coefficient (Wildman–Crippen LogP) is 8.47. The van der Waals surface area contributed by atoms with Gasteiger partial charge in [-0.05, 0) is 101 Å². The topological polar surface area (TPSA) is 175 Å². The molecule has 2 aliphatic carbocycles. The van der Waals surface area contributed by atoms with Crippen LogP contribution in [-0.4, -0.2) is 93.1 Å². The highest BCUT2D eigenvalue weighted by Crippen LogP contribution is 2.53. The first-order valence-electron chi connectivity index (χ1n) is 22.9. The highest BCUT2D eigenvalue weighted by Gasteiger charge is 2.44. The highest BCUT2D eigenvalue weighted by atomic mass is 16.5. The average molecular weight is 861 g/mol. The second-order valence-electron chi connectivity index (χ2n) is 19.4. The molecule has 4 aliphatic rings.